The summed E-state index contributed by atoms with van der Waals surface area (Å²) in [5.41, 5.74) is 0.0465. The van der Waals surface area contributed by atoms with Crippen molar-refractivity contribution in [3.63, 3.8) is 0 Å². The molecule has 1 N–H and O–H groups in total. The SMILES string of the molecule is C=C(C)C(=O)NCC(=O)OC1(C)CCCCC1. The van der Waals surface area contributed by atoms with Gasteiger partial charge in [-0.3, -0.25) is 9.59 Å². The van der Waals surface area contributed by atoms with Crippen molar-refractivity contribution in [1.82, 2.24) is 5.32 Å². The first-order chi connectivity index (χ1) is 7.93. The molecule has 0 aromatic heterocycles. The number of nitrogens with one attached hydrogen (secondary N) is 1. The van der Waals surface area contributed by atoms with Gasteiger partial charge in [-0.1, -0.05) is 13.0 Å². The van der Waals surface area contributed by atoms with Crippen LogP contribution in [0.15, 0.2) is 12.2 Å². The molecule has 0 aromatic rings. The molecular weight excluding hydrogens is 218 g/mol. The third kappa shape index (κ3) is 4.59. The minimum atomic E-state index is -0.371. The Morgan fingerprint density at radius 1 is 1.29 bits per heavy atom. The van der Waals surface area contributed by atoms with Gasteiger partial charge in [-0.2, -0.15) is 0 Å². The minimum absolute atomic E-state index is 0.0821. The lowest BCUT2D eigenvalue weighted by molar-refractivity contribution is -0.160. The van der Waals surface area contributed by atoms with E-state index in [0.29, 0.717) is 5.57 Å². The van der Waals surface area contributed by atoms with Crippen LogP contribution in [0.5, 0.6) is 0 Å². The van der Waals surface area contributed by atoms with Crippen molar-refractivity contribution in [2.45, 2.75) is 51.6 Å². The molecule has 1 saturated carbocycles. The third-order valence-electron chi connectivity index (χ3n) is 3.05. The summed E-state index contributed by atoms with van der Waals surface area (Å²) in [6.45, 7) is 6.98. The summed E-state index contributed by atoms with van der Waals surface area (Å²) in [6, 6.07) is 0. The highest BCUT2D eigenvalue weighted by Crippen LogP contribution is 2.30. The first-order valence-electron chi connectivity index (χ1n) is 6.08. The molecule has 0 spiro atoms. The Hall–Kier alpha value is -1.32. The minimum Gasteiger partial charge on any atom is -0.458 e. The number of esters is 1. The van der Waals surface area contributed by atoms with Crippen LogP contribution >= 0.6 is 0 Å². The number of ether oxygens (including phenoxy) is 1. The summed E-state index contributed by atoms with van der Waals surface area (Å²) < 4.78 is 5.43. The highest BCUT2D eigenvalue weighted by molar-refractivity contribution is 5.94. The monoisotopic (exact) mass is 239 g/mol. The van der Waals surface area contributed by atoms with Gasteiger partial charge in [-0.05, 0) is 39.5 Å². The molecule has 0 unspecified atom stereocenters. The first kappa shape index (κ1) is 13.7. The molecule has 0 aliphatic heterocycles. The van der Waals surface area contributed by atoms with Crippen molar-refractivity contribution in [2.24, 2.45) is 0 Å². The van der Waals surface area contributed by atoms with Gasteiger partial charge in [0.25, 0.3) is 0 Å². The van der Waals surface area contributed by atoms with Gasteiger partial charge < -0.3 is 10.1 Å². The maximum Gasteiger partial charge on any atom is 0.325 e. The van der Waals surface area contributed by atoms with E-state index in [1.165, 1.54) is 6.42 Å². The van der Waals surface area contributed by atoms with Gasteiger partial charge in [-0.25, -0.2) is 0 Å². The van der Waals surface area contributed by atoms with Gasteiger partial charge in [0.2, 0.25) is 5.91 Å². The summed E-state index contributed by atoms with van der Waals surface area (Å²) in [4.78, 5) is 22.8. The average Bonchev–Trinajstić information content (AvgIpc) is 2.26. The maximum atomic E-state index is 11.6. The lowest BCUT2D eigenvalue weighted by Crippen LogP contribution is -2.38. The smallest absolute Gasteiger partial charge is 0.325 e. The Balaban J connectivity index is 2.33. The Labute approximate surface area is 102 Å². The van der Waals surface area contributed by atoms with E-state index in [4.69, 9.17) is 4.74 Å². The molecule has 0 radical (unpaired) electrons. The van der Waals surface area contributed by atoms with E-state index in [1.807, 2.05) is 6.92 Å². The normalized spacial score (nSPS) is 18.2. The van der Waals surface area contributed by atoms with E-state index in [1.54, 1.807) is 6.92 Å². The predicted octanol–water partition coefficient (Wildman–Crippen LogP) is 1.94. The topological polar surface area (TPSA) is 55.4 Å². The van der Waals surface area contributed by atoms with Gasteiger partial charge in [0.15, 0.2) is 0 Å². The van der Waals surface area contributed by atoms with Crippen molar-refractivity contribution in [3.05, 3.63) is 12.2 Å². The number of hydrogen-bond donors (Lipinski definition) is 1. The van der Waals surface area contributed by atoms with Gasteiger partial charge >= 0.3 is 5.97 Å². The number of hydrogen-bond acceptors (Lipinski definition) is 3. The Bertz CT molecular complexity index is 317. The molecule has 1 aliphatic carbocycles. The standard InChI is InChI=1S/C13H21NO3/c1-10(2)12(16)14-9-11(15)17-13(3)7-5-4-6-8-13/h1,4-9H2,2-3H3,(H,14,16). The van der Waals surface area contributed by atoms with Crippen LogP contribution in [0.3, 0.4) is 0 Å². The molecule has 1 fully saturated rings. The highest BCUT2D eigenvalue weighted by atomic mass is 16.6. The van der Waals surface area contributed by atoms with Crippen molar-refractivity contribution in [2.75, 3.05) is 6.54 Å². The number of carbonyl (C=O) groups is 2. The second-order valence-electron chi connectivity index (χ2n) is 4.95. The number of carbonyl (C=O) groups excluding carboxylic acids is 2. The summed E-state index contributed by atoms with van der Waals surface area (Å²) in [5.74, 6) is -0.681. The van der Waals surface area contributed by atoms with Crippen molar-refractivity contribution >= 4 is 11.9 Å². The summed E-state index contributed by atoms with van der Waals surface area (Å²) in [7, 11) is 0. The second-order valence-corrected chi connectivity index (χ2v) is 4.95. The van der Waals surface area contributed by atoms with Crippen LogP contribution in [0.1, 0.15) is 46.0 Å². The molecule has 1 aliphatic rings. The Morgan fingerprint density at radius 3 is 2.41 bits per heavy atom. The van der Waals surface area contributed by atoms with Gasteiger partial charge in [0, 0.05) is 5.57 Å². The summed E-state index contributed by atoms with van der Waals surface area (Å²) in [5, 5.41) is 2.48. The third-order valence-corrected chi connectivity index (χ3v) is 3.05. The van der Waals surface area contributed by atoms with Crippen LogP contribution in [0.4, 0.5) is 0 Å². The fourth-order valence-electron chi connectivity index (χ4n) is 2.02. The second kappa shape index (κ2) is 5.84. The predicted molar refractivity (Wildman–Crippen MR) is 65.4 cm³/mol. The van der Waals surface area contributed by atoms with Crippen LogP contribution in [-0.2, 0) is 14.3 Å². The Morgan fingerprint density at radius 2 is 1.88 bits per heavy atom. The van der Waals surface area contributed by atoms with E-state index < -0.39 is 0 Å². The molecule has 0 atom stereocenters. The fourth-order valence-corrected chi connectivity index (χ4v) is 2.02. The molecule has 0 saturated heterocycles. The molecule has 96 valence electrons. The van der Waals surface area contributed by atoms with Crippen LogP contribution in [0, 0.1) is 0 Å². The molecular formula is C13H21NO3. The summed E-state index contributed by atoms with van der Waals surface area (Å²) >= 11 is 0. The number of amides is 1. The first-order valence-corrected chi connectivity index (χ1v) is 6.08. The molecule has 4 nitrogen and oxygen atoms in total. The van der Waals surface area contributed by atoms with E-state index in [0.717, 1.165) is 25.7 Å². The molecule has 0 bridgehead atoms. The van der Waals surface area contributed by atoms with Gasteiger partial charge in [0.05, 0.1) is 0 Å². The van der Waals surface area contributed by atoms with Crippen LogP contribution in [0.25, 0.3) is 0 Å². The van der Waals surface area contributed by atoms with E-state index in [-0.39, 0.29) is 24.0 Å². The largest absolute Gasteiger partial charge is 0.458 e. The van der Waals surface area contributed by atoms with E-state index in [9.17, 15) is 9.59 Å². The highest BCUT2D eigenvalue weighted by Gasteiger charge is 2.30. The average molecular weight is 239 g/mol. The molecule has 17 heavy (non-hydrogen) atoms. The van der Waals surface area contributed by atoms with Crippen LogP contribution in [0.2, 0.25) is 0 Å². The fraction of sp³-hybridized carbons (Fsp3) is 0.692. The van der Waals surface area contributed by atoms with Crippen molar-refractivity contribution in [3.8, 4) is 0 Å². The Kier molecular flexibility index (Phi) is 4.73. The van der Waals surface area contributed by atoms with E-state index >= 15 is 0 Å². The molecule has 1 rings (SSSR count). The zero-order valence-electron chi connectivity index (χ0n) is 10.7. The van der Waals surface area contributed by atoms with Crippen molar-refractivity contribution < 1.29 is 14.3 Å². The molecule has 0 aromatic carbocycles. The van der Waals surface area contributed by atoms with E-state index in [2.05, 4.69) is 11.9 Å². The number of rotatable bonds is 4. The van der Waals surface area contributed by atoms with Crippen LogP contribution in [-0.4, -0.2) is 24.0 Å². The van der Waals surface area contributed by atoms with Gasteiger partial charge in [-0.15, -0.1) is 0 Å². The molecule has 4 heteroatoms. The summed E-state index contributed by atoms with van der Waals surface area (Å²) in [6.07, 6.45) is 5.23. The van der Waals surface area contributed by atoms with Crippen LogP contribution < -0.4 is 5.32 Å². The lowest BCUT2D eigenvalue weighted by atomic mass is 9.86. The lowest BCUT2D eigenvalue weighted by Gasteiger charge is -2.33. The maximum absolute atomic E-state index is 11.6. The zero-order valence-corrected chi connectivity index (χ0v) is 10.7. The molecule has 0 heterocycles. The van der Waals surface area contributed by atoms with Crippen molar-refractivity contribution in [1.29, 1.82) is 0 Å². The molecule has 1 amide bonds. The zero-order chi connectivity index (χ0) is 12.9. The quantitative estimate of drug-likeness (QED) is 0.602. The van der Waals surface area contributed by atoms with Gasteiger partial charge in [0.1, 0.15) is 12.1 Å².